The van der Waals surface area contributed by atoms with Gasteiger partial charge in [0.05, 0.1) is 0 Å². The van der Waals surface area contributed by atoms with Crippen LogP contribution in [0.15, 0.2) is 18.3 Å². The van der Waals surface area contributed by atoms with Crippen LogP contribution in [0.1, 0.15) is 37.2 Å². The highest BCUT2D eigenvalue weighted by Crippen LogP contribution is 2.09. The molecule has 92 valence electrons. The second-order valence-electron chi connectivity index (χ2n) is 3.84. The van der Waals surface area contributed by atoms with E-state index < -0.39 is 0 Å². The molecule has 0 radical (unpaired) electrons. The maximum Gasteiger partial charge on any atom is 0.267 e. The molecule has 0 saturated carbocycles. The van der Waals surface area contributed by atoms with E-state index in [0.717, 1.165) is 12.8 Å². The van der Waals surface area contributed by atoms with E-state index in [9.17, 15) is 4.79 Å². The highest BCUT2D eigenvalue weighted by molar-refractivity contribution is 5.92. The van der Waals surface area contributed by atoms with Crippen LogP contribution in [0.4, 0.5) is 0 Å². The van der Waals surface area contributed by atoms with Crippen molar-refractivity contribution in [3.63, 3.8) is 0 Å². The molecule has 4 N–H and O–H groups in total. The first-order valence-corrected chi connectivity index (χ1v) is 5.32. The van der Waals surface area contributed by atoms with Gasteiger partial charge in [0.1, 0.15) is 5.69 Å². The van der Waals surface area contributed by atoms with Gasteiger partial charge in [-0.3, -0.25) is 4.79 Å². The van der Waals surface area contributed by atoms with Gasteiger partial charge in [-0.1, -0.05) is 13.8 Å². The zero-order valence-corrected chi connectivity index (χ0v) is 10.6. The molecule has 5 heteroatoms. The Hall–Kier alpha value is -1.00. The Kier molecular flexibility index (Phi) is 6.14. The van der Waals surface area contributed by atoms with E-state index >= 15 is 0 Å². The minimum atomic E-state index is -0.289. The van der Waals surface area contributed by atoms with Crippen LogP contribution in [0.25, 0.3) is 0 Å². The van der Waals surface area contributed by atoms with Crippen LogP contribution in [0.2, 0.25) is 0 Å². The normalized spacial score (nSPS) is 10.7. The Labute approximate surface area is 102 Å². The van der Waals surface area contributed by atoms with E-state index in [0.29, 0.717) is 12.2 Å². The molecular weight excluding hydrogens is 226 g/mol. The smallest absolute Gasteiger partial charge is 0.267 e. The Bertz CT molecular complexity index is 307. The summed E-state index contributed by atoms with van der Waals surface area (Å²) in [6.07, 6.45) is 3.44. The number of nitrogens with two attached hydrogens (primary N) is 1. The Balaban J connectivity index is 0.00000225. The third-order valence-electron chi connectivity index (χ3n) is 2.85. The number of hydrogen-bond acceptors (Lipinski definition) is 2. The first kappa shape index (κ1) is 15.0. The van der Waals surface area contributed by atoms with E-state index in [2.05, 4.69) is 10.3 Å². The van der Waals surface area contributed by atoms with Crippen molar-refractivity contribution in [1.29, 1.82) is 0 Å². The fraction of sp³-hybridized carbons (Fsp3) is 0.545. The van der Waals surface area contributed by atoms with E-state index in [1.807, 2.05) is 13.8 Å². The third-order valence-corrected chi connectivity index (χ3v) is 2.85. The van der Waals surface area contributed by atoms with Gasteiger partial charge in [0.2, 0.25) is 0 Å². The van der Waals surface area contributed by atoms with Gasteiger partial charge in [0, 0.05) is 18.3 Å². The maximum atomic E-state index is 11.6. The minimum absolute atomic E-state index is 0. The molecule has 1 amide bonds. The number of aromatic nitrogens is 1. The first-order valence-electron chi connectivity index (χ1n) is 5.32. The van der Waals surface area contributed by atoms with Crippen molar-refractivity contribution in [3.05, 3.63) is 24.0 Å². The number of hydrogen-bond donors (Lipinski definition) is 3. The zero-order chi connectivity index (χ0) is 11.3. The quantitative estimate of drug-likeness (QED) is 0.739. The number of carbonyl (C=O) groups is 1. The van der Waals surface area contributed by atoms with Crippen LogP contribution in [-0.2, 0) is 0 Å². The van der Waals surface area contributed by atoms with Crippen molar-refractivity contribution in [3.8, 4) is 0 Å². The summed E-state index contributed by atoms with van der Waals surface area (Å²) in [5, 5.41) is 2.83. The summed E-state index contributed by atoms with van der Waals surface area (Å²) in [4.78, 5) is 14.4. The van der Waals surface area contributed by atoms with Crippen LogP contribution in [0.3, 0.4) is 0 Å². The van der Waals surface area contributed by atoms with Crippen molar-refractivity contribution in [2.24, 2.45) is 5.73 Å². The zero-order valence-electron chi connectivity index (χ0n) is 9.75. The van der Waals surface area contributed by atoms with Crippen LogP contribution in [-0.4, -0.2) is 23.0 Å². The van der Waals surface area contributed by atoms with Crippen molar-refractivity contribution < 1.29 is 4.79 Å². The molecule has 16 heavy (non-hydrogen) atoms. The van der Waals surface area contributed by atoms with Gasteiger partial charge < -0.3 is 16.0 Å². The summed E-state index contributed by atoms with van der Waals surface area (Å²) in [6.45, 7) is 4.58. The molecule has 0 bridgehead atoms. The molecule has 0 fully saturated rings. The topological polar surface area (TPSA) is 70.9 Å². The number of rotatable bonds is 5. The minimum Gasteiger partial charge on any atom is -0.357 e. The fourth-order valence-electron chi connectivity index (χ4n) is 1.32. The van der Waals surface area contributed by atoms with E-state index in [4.69, 9.17) is 5.73 Å². The number of nitrogens with one attached hydrogen (secondary N) is 2. The molecule has 0 unspecified atom stereocenters. The number of carbonyl (C=O) groups excluding carboxylic acids is 1. The van der Waals surface area contributed by atoms with Gasteiger partial charge in [-0.25, -0.2) is 0 Å². The lowest BCUT2D eigenvalue weighted by Gasteiger charge is -2.26. The molecule has 1 aromatic heterocycles. The average molecular weight is 246 g/mol. The van der Waals surface area contributed by atoms with Crippen molar-refractivity contribution in [1.82, 2.24) is 10.3 Å². The number of halogens is 1. The molecule has 0 aliphatic carbocycles. The number of aromatic amines is 1. The Morgan fingerprint density at radius 1 is 1.50 bits per heavy atom. The predicted molar refractivity (Wildman–Crippen MR) is 67.9 cm³/mol. The molecule has 4 nitrogen and oxygen atoms in total. The summed E-state index contributed by atoms with van der Waals surface area (Å²) in [5.41, 5.74) is 6.36. The summed E-state index contributed by atoms with van der Waals surface area (Å²) < 4.78 is 0. The largest absolute Gasteiger partial charge is 0.357 e. The molecule has 0 atom stereocenters. The molecule has 1 rings (SSSR count). The van der Waals surface area contributed by atoms with Gasteiger partial charge in [0.15, 0.2) is 0 Å². The molecule has 1 aromatic rings. The molecule has 1 heterocycles. The molecule has 0 spiro atoms. The van der Waals surface area contributed by atoms with Gasteiger partial charge in [-0.2, -0.15) is 0 Å². The number of amides is 1. The third kappa shape index (κ3) is 3.87. The molecule has 0 aromatic carbocycles. The van der Waals surface area contributed by atoms with Crippen molar-refractivity contribution in [2.75, 3.05) is 6.54 Å². The Morgan fingerprint density at radius 3 is 2.56 bits per heavy atom. The predicted octanol–water partition coefficient (Wildman–Crippen LogP) is 1.68. The summed E-state index contributed by atoms with van der Waals surface area (Å²) in [5.74, 6) is -0.100. The van der Waals surface area contributed by atoms with E-state index in [-0.39, 0.29) is 23.9 Å². The van der Waals surface area contributed by atoms with Crippen molar-refractivity contribution in [2.45, 2.75) is 32.2 Å². The van der Waals surface area contributed by atoms with Crippen LogP contribution < -0.4 is 11.1 Å². The van der Waals surface area contributed by atoms with Gasteiger partial charge in [0.25, 0.3) is 5.91 Å². The van der Waals surface area contributed by atoms with Gasteiger partial charge in [-0.15, -0.1) is 12.4 Å². The maximum absolute atomic E-state index is 11.6. The van der Waals surface area contributed by atoms with Gasteiger partial charge >= 0.3 is 0 Å². The Morgan fingerprint density at radius 2 is 2.12 bits per heavy atom. The molecule has 0 saturated heterocycles. The van der Waals surface area contributed by atoms with E-state index in [1.165, 1.54) is 0 Å². The summed E-state index contributed by atoms with van der Waals surface area (Å²) in [6, 6.07) is 3.54. The number of H-pyrrole nitrogens is 1. The standard InChI is InChI=1S/C11H19N3O.ClH/c1-3-11(12,4-2)8-14-10(15)9-6-5-7-13-9;/h5-7,13H,3-4,8,12H2,1-2H3,(H,14,15);1H. The van der Waals surface area contributed by atoms with Gasteiger partial charge in [-0.05, 0) is 25.0 Å². The second-order valence-corrected chi connectivity index (χ2v) is 3.84. The lowest BCUT2D eigenvalue weighted by molar-refractivity contribution is 0.0938. The highest BCUT2D eigenvalue weighted by Gasteiger charge is 2.21. The molecular formula is C11H20ClN3O. The first-order chi connectivity index (χ1) is 7.11. The summed E-state index contributed by atoms with van der Waals surface area (Å²) in [7, 11) is 0. The van der Waals surface area contributed by atoms with Crippen LogP contribution in [0, 0.1) is 0 Å². The highest BCUT2D eigenvalue weighted by atomic mass is 35.5. The monoisotopic (exact) mass is 245 g/mol. The van der Waals surface area contributed by atoms with Crippen LogP contribution >= 0.6 is 12.4 Å². The van der Waals surface area contributed by atoms with Crippen LogP contribution in [0.5, 0.6) is 0 Å². The molecule has 0 aliphatic heterocycles. The second kappa shape index (κ2) is 6.55. The summed E-state index contributed by atoms with van der Waals surface area (Å²) >= 11 is 0. The lowest BCUT2D eigenvalue weighted by atomic mass is 9.94. The SMILES string of the molecule is CCC(N)(CC)CNC(=O)c1ccc[nH]1.Cl. The fourth-order valence-corrected chi connectivity index (χ4v) is 1.32. The lowest BCUT2D eigenvalue weighted by Crippen LogP contribution is -2.49. The van der Waals surface area contributed by atoms with E-state index in [1.54, 1.807) is 18.3 Å². The molecule has 0 aliphatic rings. The average Bonchev–Trinajstić information content (AvgIpc) is 2.79. The van der Waals surface area contributed by atoms with Crippen molar-refractivity contribution >= 4 is 18.3 Å².